The summed E-state index contributed by atoms with van der Waals surface area (Å²) >= 11 is 0. The molecule has 5 aliphatic carbocycles. The van der Waals surface area contributed by atoms with Crippen molar-refractivity contribution in [2.45, 2.75) is 149 Å². The number of aliphatic hydroxyl groups excluding tert-OH is 1. The molecule has 1 amide bonds. The maximum Gasteiger partial charge on any atom is 0.413 e. The van der Waals surface area contributed by atoms with Crippen molar-refractivity contribution in [3.63, 3.8) is 0 Å². The molecule has 1 aromatic carbocycles. The quantitative estimate of drug-likeness (QED) is 0.205. The number of carbonyl (C=O) groups excluding carboxylic acids is 5. The highest BCUT2D eigenvalue weighted by atomic mass is 19.1. The summed E-state index contributed by atoms with van der Waals surface area (Å²) in [4.78, 5) is 84.3. The van der Waals surface area contributed by atoms with Crippen LogP contribution in [-0.2, 0) is 28.6 Å². The molecule has 364 valence electrons. The number of benzene rings is 1. The minimum absolute atomic E-state index is 0.0540. The standard InChI is InChI=1S/C50H63F2N3O12/c1-24-20-34-33-15-12-30-21-32(57)16-17-47(30,9)49(33,52)35(58)22-48(34,10)50(24,63)44(61)46(7,8)67-43(60)37-27(4)55(31-13-14-31)39-36(41(37)59)26(3)38(51)40(42(39)64-11)53-18-19-54(25(2)23-53)45(62)66-29(6)65-28(5)56/h16-17,21,24-25,29,31,33-35,58,63H,12-15,18-20,22-23H2,1-11H3/t24-,25?,29?,33-,34-,35-,47-,48-,49-,50-/m0/s1. The molecule has 8 rings (SSSR count). The van der Waals surface area contributed by atoms with E-state index in [0.717, 1.165) is 0 Å². The molecule has 15 nitrogen and oxygen atoms in total. The number of anilines is 1. The summed E-state index contributed by atoms with van der Waals surface area (Å²) in [6.45, 7) is 15.6. The van der Waals surface area contributed by atoms with E-state index in [1.165, 1.54) is 58.8 Å². The fourth-order valence-electron chi connectivity index (χ4n) is 13.1. The van der Waals surface area contributed by atoms with Crippen molar-refractivity contribution in [2.75, 3.05) is 31.6 Å². The zero-order valence-corrected chi connectivity index (χ0v) is 40.2. The van der Waals surface area contributed by atoms with Crippen molar-refractivity contribution in [1.29, 1.82) is 0 Å². The predicted molar refractivity (Wildman–Crippen MR) is 241 cm³/mol. The number of aryl methyl sites for hydroxylation is 1. The van der Waals surface area contributed by atoms with Gasteiger partial charge in [0.15, 0.2) is 28.6 Å². The van der Waals surface area contributed by atoms with Gasteiger partial charge in [0.1, 0.15) is 16.9 Å². The molecular formula is C50H63F2N3O12. The zero-order valence-electron chi connectivity index (χ0n) is 40.2. The fraction of sp³-hybridized carbons (Fsp3) is 0.640. The van der Waals surface area contributed by atoms with Crippen LogP contribution >= 0.6 is 0 Å². The van der Waals surface area contributed by atoms with Gasteiger partial charge >= 0.3 is 18.0 Å². The average Bonchev–Trinajstić information content (AvgIpc) is 4.05. The number of hydrogen-bond donors (Lipinski definition) is 2. The fourth-order valence-corrected chi connectivity index (χ4v) is 13.1. The van der Waals surface area contributed by atoms with E-state index >= 15 is 13.6 Å². The van der Waals surface area contributed by atoms with Crippen LogP contribution in [0.2, 0.25) is 0 Å². The van der Waals surface area contributed by atoms with Crippen LogP contribution in [0.3, 0.4) is 0 Å². The van der Waals surface area contributed by atoms with Crippen LogP contribution in [0, 0.1) is 48.2 Å². The van der Waals surface area contributed by atoms with Gasteiger partial charge in [-0.05, 0) is 104 Å². The molecule has 0 bridgehead atoms. The lowest BCUT2D eigenvalue weighted by Gasteiger charge is -2.62. The summed E-state index contributed by atoms with van der Waals surface area (Å²) < 4.78 is 58.9. The Morgan fingerprint density at radius 1 is 1.01 bits per heavy atom. The molecule has 1 aliphatic heterocycles. The normalized spacial score (nSPS) is 33.0. The van der Waals surface area contributed by atoms with E-state index in [9.17, 15) is 34.2 Å². The first kappa shape index (κ1) is 48.3. The number of halogens is 2. The zero-order chi connectivity index (χ0) is 49.2. The molecule has 67 heavy (non-hydrogen) atoms. The number of Topliss-reactive ketones (excluding diaryl/α,β-unsaturated/α-hetero) is 1. The number of rotatable bonds is 9. The van der Waals surface area contributed by atoms with Crippen molar-refractivity contribution in [2.24, 2.45) is 28.6 Å². The second kappa shape index (κ2) is 16.2. The van der Waals surface area contributed by atoms with Crippen molar-refractivity contribution >= 4 is 46.2 Å². The number of piperazine rings is 1. The molecule has 1 saturated heterocycles. The lowest BCUT2D eigenvalue weighted by atomic mass is 9.44. The number of allylic oxidation sites excluding steroid dienone is 4. The summed E-state index contributed by atoms with van der Waals surface area (Å²) in [5.74, 6) is -5.68. The van der Waals surface area contributed by atoms with Crippen molar-refractivity contribution in [3.8, 4) is 5.75 Å². The summed E-state index contributed by atoms with van der Waals surface area (Å²) in [6.07, 6.45) is 2.88. The first-order chi connectivity index (χ1) is 31.2. The smallest absolute Gasteiger partial charge is 0.413 e. The van der Waals surface area contributed by atoms with Gasteiger partial charge in [0, 0.05) is 73.6 Å². The Kier molecular flexibility index (Phi) is 11.7. The van der Waals surface area contributed by atoms with Gasteiger partial charge in [0.05, 0.1) is 24.1 Å². The maximum atomic E-state index is 17.9. The number of amides is 1. The Morgan fingerprint density at radius 3 is 2.30 bits per heavy atom. The third kappa shape index (κ3) is 6.97. The molecule has 2 heterocycles. The molecule has 10 atom stereocenters. The number of esters is 2. The third-order valence-electron chi connectivity index (χ3n) is 16.6. The van der Waals surface area contributed by atoms with Crippen molar-refractivity contribution in [3.05, 3.63) is 56.7 Å². The number of ketones is 2. The number of ether oxygens (including phenoxy) is 4. The molecule has 17 heteroatoms. The number of methoxy groups -OCH3 is 1. The second-order valence-electron chi connectivity index (χ2n) is 20.9. The lowest BCUT2D eigenvalue weighted by molar-refractivity contribution is -0.223. The van der Waals surface area contributed by atoms with E-state index in [-0.39, 0.29) is 77.9 Å². The topological polar surface area (TPSA) is 191 Å². The minimum atomic E-state index is -2.21. The number of fused-ring (bicyclic) bond motifs is 6. The summed E-state index contributed by atoms with van der Waals surface area (Å²) in [7, 11) is 1.37. The van der Waals surface area contributed by atoms with Gasteiger partial charge in [0.2, 0.25) is 17.5 Å². The minimum Gasteiger partial charge on any atom is -0.492 e. The monoisotopic (exact) mass is 935 g/mol. The molecule has 2 N–H and O–H groups in total. The number of aliphatic hydroxyl groups is 2. The van der Waals surface area contributed by atoms with Crippen LogP contribution in [0.1, 0.15) is 122 Å². The van der Waals surface area contributed by atoms with Crippen LogP contribution in [-0.4, -0.2) is 111 Å². The number of alkyl halides is 1. The Labute approximate surface area is 388 Å². The molecule has 4 saturated carbocycles. The van der Waals surface area contributed by atoms with Gasteiger partial charge in [-0.3, -0.25) is 19.2 Å². The largest absolute Gasteiger partial charge is 0.492 e. The Balaban J connectivity index is 1.11. The van der Waals surface area contributed by atoms with Gasteiger partial charge in [-0.2, -0.15) is 0 Å². The van der Waals surface area contributed by atoms with E-state index in [1.807, 2.05) is 0 Å². The number of carbonyl (C=O) groups is 5. The van der Waals surface area contributed by atoms with Gasteiger partial charge in [-0.1, -0.05) is 25.5 Å². The SMILES string of the molecule is COc1c(N2CCN(C(=O)OC(C)OC(C)=O)C(C)C2)c(F)c(C)c2c(=O)c(C(=O)OC(C)(C)C(=O)[C@@]3(O)[C@@H](C)C[C@H]4[C@@H]5CCC6=CC(=O)C=C[C@]6(C)[C@@]5(F)[C@@H](O)C[C@@]43C)c(C)n(C3CC3)c12. The van der Waals surface area contributed by atoms with Crippen LogP contribution < -0.4 is 15.1 Å². The maximum absolute atomic E-state index is 17.9. The van der Waals surface area contributed by atoms with E-state index in [1.54, 1.807) is 50.2 Å². The van der Waals surface area contributed by atoms with Crippen molar-refractivity contribution in [1.82, 2.24) is 9.47 Å². The van der Waals surface area contributed by atoms with Crippen LogP contribution in [0.5, 0.6) is 5.75 Å². The Bertz CT molecular complexity index is 2620. The lowest BCUT2D eigenvalue weighted by Crippen LogP contribution is -2.70. The number of aromatic nitrogens is 1. The van der Waals surface area contributed by atoms with Gasteiger partial charge < -0.3 is 43.5 Å². The summed E-state index contributed by atoms with van der Waals surface area (Å²) in [6, 6.07) is -0.694. The Hall–Kier alpha value is -5.16. The number of pyridine rings is 1. The summed E-state index contributed by atoms with van der Waals surface area (Å²) in [5, 5.41) is 24.7. The molecule has 0 radical (unpaired) electrons. The predicted octanol–water partition coefficient (Wildman–Crippen LogP) is 6.51. The van der Waals surface area contributed by atoms with E-state index in [2.05, 4.69) is 0 Å². The molecular weight excluding hydrogens is 873 g/mol. The molecule has 0 spiro atoms. The van der Waals surface area contributed by atoms with Crippen LogP contribution in [0.4, 0.5) is 19.3 Å². The summed E-state index contributed by atoms with van der Waals surface area (Å²) in [5.41, 5.74) is -9.24. The molecule has 5 fully saturated rings. The second-order valence-corrected chi connectivity index (χ2v) is 20.9. The van der Waals surface area contributed by atoms with Gasteiger partial charge in [0.25, 0.3) is 0 Å². The Morgan fingerprint density at radius 2 is 1.69 bits per heavy atom. The van der Waals surface area contributed by atoms with E-state index < -0.39 is 105 Å². The van der Waals surface area contributed by atoms with Crippen LogP contribution in [0.15, 0.2) is 28.6 Å². The van der Waals surface area contributed by atoms with Gasteiger partial charge in [-0.15, -0.1) is 0 Å². The van der Waals surface area contributed by atoms with Crippen LogP contribution in [0.25, 0.3) is 10.9 Å². The molecule has 2 unspecified atom stereocenters. The first-order valence-electron chi connectivity index (χ1n) is 23.4. The number of hydrogen-bond acceptors (Lipinski definition) is 13. The highest BCUT2D eigenvalue weighted by molar-refractivity contribution is 6.03. The van der Waals surface area contributed by atoms with E-state index in [0.29, 0.717) is 31.3 Å². The van der Waals surface area contributed by atoms with Gasteiger partial charge in [-0.25, -0.2) is 18.4 Å². The first-order valence-corrected chi connectivity index (χ1v) is 23.4. The number of nitrogens with zero attached hydrogens (tertiary/aromatic N) is 3. The molecule has 1 aromatic heterocycles. The highest BCUT2D eigenvalue weighted by Crippen LogP contribution is 2.71. The molecule has 2 aromatic rings. The van der Waals surface area contributed by atoms with E-state index in [4.69, 9.17) is 18.9 Å². The third-order valence-corrected chi connectivity index (χ3v) is 16.6. The molecule has 6 aliphatic rings. The average molecular weight is 936 g/mol. The van der Waals surface area contributed by atoms with Crippen molar-refractivity contribution < 1.29 is 61.9 Å². The highest BCUT2D eigenvalue weighted by Gasteiger charge is 2.76.